The Morgan fingerprint density at radius 3 is 1.10 bits per heavy atom. The molecule has 0 amide bonds. The van der Waals surface area contributed by atoms with Crippen molar-refractivity contribution >= 4 is 33.5 Å². The Morgan fingerprint density at radius 2 is 0.708 bits per heavy atom. The molecule has 10 heteroatoms. The van der Waals surface area contributed by atoms with E-state index in [1.807, 2.05) is 98.8 Å². The summed E-state index contributed by atoms with van der Waals surface area (Å²) in [6, 6.07) is 35.0. The second-order valence-electron chi connectivity index (χ2n) is 17.7. The molecule has 0 bridgehead atoms. The first-order chi connectivity index (χ1) is 35.4. The van der Waals surface area contributed by atoms with Gasteiger partial charge in [-0.1, -0.05) is 74.6 Å². The van der Waals surface area contributed by atoms with Crippen molar-refractivity contribution in [3.05, 3.63) is 143 Å². The average molecular weight is 975 g/mol. The highest BCUT2D eigenvalue weighted by molar-refractivity contribution is 5.94. The first kappa shape index (κ1) is 54.4. The summed E-state index contributed by atoms with van der Waals surface area (Å²) >= 11 is 0. The highest BCUT2D eigenvalue weighted by Crippen LogP contribution is 2.27. The normalized spacial score (nSPS) is 10.8. The summed E-state index contributed by atoms with van der Waals surface area (Å²) in [5.74, 6) is 14.6. The number of unbranched alkanes of at least 4 members (excludes halogenated alkanes) is 9. The Labute approximate surface area is 426 Å². The summed E-state index contributed by atoms with van der Waals surface area (Å²) in [5, 5.41) is 22.2. The van der Waals surface area contributed by atoms with Gasteiger partial charge in [-0.15, -0.1) is 0 Å². The van der Waals surface area contributed by atoms with Crippen LogP contribution in [0.5, 0.6) is 23.0 Å². The van der Waals surface area contributed by atoms with Crippen LogP contribution in [0.4, 0.5) is 0 Å². The Bertz CT molecular complexity index is 2600. The molecule has 10 nitrogen and oxygen atoms in total. The van der Waals surface area contributed by atoms with Crippen LogP contribution < -0.4 is 18.9 Å². The third kappa shape index (κ3) is 18.0. The van der Waals surface area contributed by atoms with Gasteiger partial charge < -0.3 is 38.6 Å². The third-order valence-corrected chi connectivity index (χ3v) is 11.8. The molecule has 378 valence electrons. The van der Waals surface area contributed by atoms with Crippen molar-refractivity contribution in [1.29, 1.82) is 0 Å². The van der Waals surface area contributed by atoms with E-state index in [9.17, 15) is 9.59 Å². The van der Waals surface area contributed by atoms with Gasteiger partial charge in [0.1, 0.15) is 34.1 Å². The number of esters is 2. The Balaban J connectivity index is 0.979. The molecule has 0 spiro atoms. The minimum Gasteiger partial charge on any atom is -0.494 e. The van der Waals surface area contributed by atoms with Crippen LogP contribution in [0.1, 0.15) is 147 Å². The molecule has 0 aliphatic heterocycles. The Kier molecular flexibility index (Phi) is 23.2. The zero-order valence-electron chi connectivity index (χ0n) is 42.1. The van der Waals surface area contributed by atoms with E-state index in [0.717, 1.165) is 121 Å². The molecule has 6 aromatic carbocycles. The lowest BCUT2D eigenvalue weighted by atomic mass is 10.1. The van der Waals surface area contributed by atoms with Gasteiger partial charge in [-0.2, -0.15) is 0 Å². The Morgan fingerprint density at radius 1 is 0.375 bits per heavy atom. The summed E-state index contributed by atoms with van der Waals surface area (Å²) in [4.78, 5) is 26.3. The van der Waals surface area contributed by atoms with Crippen LogP contribution in [-0.4, -0.2) is 75.0 Å². The lowest BCUT2D eigenvalue weighted by Gasteiger charge is -2.13. The molecule has 2 N–H and O–H groups in total. The number of ether oxygens (including phenoxy) is 6. The van der Waals surface area contributed by atoms with Gasteiger partial charge in [0.05, 0.1) is 39.6 Å². The second-order valence-corrected chi connectivity index (χ2v) is 17.7. The molecule has 0 aliphatic rings. The molecule has 0 saturated heterocycles. The van der Waals surface area contributed by atoms with Crippen molar-refractivity contribution in [1.82, 2.24) is 0 Å². The molecular formula is C62H70O10. The van der Waals surface area contributed by atoms with E-state index in [0.29, 0.717) is 86.2 Å². The van der Waals surface area contributed by atoms with Gasteiger partial charge in [0.25, 0.3) is 0 Å². The van der Waals surface area contributed by atoms with Gasteiger partial charge in [0.15, 0.2) is 0 Å². The summed E-state index contributed by atoms with van der Waals surface area (Å²) in [7, 11) is 0. The Hall–Kier alpha value is -6.98. The summed E-state index contributed by atoms with van der Waals surface area (Å²) in [5.41, 5.74) is 3.76. The fraction of sp³-hybridized carbons (Fsp3) is 0.387. The van der Waals surface area contributed by atoms with E-state index < -0.39 is 11.9 Å². The standard InChI is InChI=1S/C62H70O10/c1-3-35-71-61(65)57-43-49(19-17-47-21-25-53-45-55(29-27-51(53)41-47)67-37-13-7-5-11-33-63)23-31-59(57)69-39-15-9-10-16-40-70-60-32-24-50(44-58(60)62(66)72-36-4-2)20-18-48-22-26-54-46-56(30-28-52(54)42-48)68-38-14-8-6-12-34-64/h21-32,41-46,63-64H,3-16,33-40H2,1-2H3. The molecule has 72 heavy (non-hydrogen) atoms. The lowest BCUT2D eigenvalue weighted by molar-refractivity contribution is 0.0490. The molecule has 6 aromatic rings. The van der Waals surface area contributed by atoms with E-state index in [1.54, 1.807) is 24.3 Å². The van der Waals surface area contributed by atoms with E-state index in [2.05, 4.69) is 23.7 Å². The summed E-state index contributed by atoms with van der Waals surface area (Å²) in [6.07, 6.45) is 12.4. The number of rotatable bonds is 29. The number of hydrogen-bond acceptors (Lipinski definition) is 10. The van der Waals surface area contributed by atoms with Crippen molar-refractivity contribution in [2.45, 2.75) is 104 Å². The fourth-order valence-corrected chi connectivity index (χ4v) is 7.84. The molecule has 0 radical (unpaired) electrons. The fourth-order valence-electron chi connectivity index (χ4n) is 7.84. The molecule has 0 unspecified atom stereocenters. The molecule has 6 rings (SSSR count). The van der Waals surface area contributed by atoms with Gasteiger partial charge in [0.2, 0.25) is 0 Å². The SMILES string of the molecule is CCCOC(=O)c1cc(C#Cc2ccc3cc(OCCCCCCO)ccc3c2)ccc1OCCCCCCOc1ccc(C#Cc2ccc3cc(OCCCCCCO)ccc3c2)cc1C(=O)OCCC. The third-order valence-electron chi connectivity index (χ3n) is 11.8. The van der Waals surface area contributed by atoms with Crippen LogP contribution in [0.15, 0.2) is 109 Å². The molecule has 0 aliphatic carbocycles. The van der Waals surface area contributed by atoms with Crippen molar-refractivity contribution < 1.29 is 48.2 Å². The van der Waals surface area contributed by atoms with Crippen LogP contribution in [0, 0.1) is 23.7 Å². The largest absolute Gasteiger partial charge is 0.494 e. The minimum atomic E-state index is -0.441. The predicted molar refractivity (Wildman–Crippen MR) is 285 cm³/mol. The molecule has 0 saturated carbocycles. The van der Waals surface area contributed by atoms with Crippen molar-refractivity contribution in [2.75, 3.05) is 52.9 Å². The monoisotopic (exact) mass is 974 g/mol. The van der Waals surface area contributed by atoms with Crippen LogP contribution >= 0.6 is 0 Å². The summed E-state index contributed by atoms with van der Waals surface area (Å²) < 4.78 is 35.2. The first-order valence-corrected chi connectivity index (χ1v) is 25.8. The number of aliphatic hydroxyl groups is 2. The zero-order chi connectivity index (χ0) is 50.6. The molecule has 0 aromatic heterocycles. The van der Waals surface area contributed by atoms with Gasteiger partial charge in [-0.3, -0.25) is 0 Å². The van der Waals surface area contributed by atoms with Crippen molar-refractivity contribution in [3.63, 3.8) is 0 Å². The maximum atomic E-state index is 13.2. The molecular weight excluding hydrogens is 905 g/mol. The van der Waals surface area contributed by atoms with Crippen molar-refractivity contribution in [3.8, 4) is 46.7 Å². The quantitative estimate of drug-likeness (QED) is 0.0266. The number of benzene rings is 6. The second kappa shape index (κ2) is 30.7. The van der Waals surface area contributed by atoms with Crippen LogP contribution in [-0.2, 0) is 9.47 Å². The smallest absolute Gasteiger partial charge is 0.341 e. The van der Waals surface area contributed by atoms with Gasteiger partial charge >= 0.3 is 11.9 Å². The molecule has 0 heterocycles. The number of carbonyl (C=O) groups excluding carboxylic acids is 2. The zero-order valence-corrected chi connectivity index (χ0v) is 42.1. The number of hydrogen-bond donors (Lipinski definition) is 2. The minimum absolute atomic E-state index is 0.236. The van der Waals surface area contributed by atoms with Crippen LogP contribution in [0.3, 0.4) is 0 Å². The van der Waals surface area contributed by atoms with Gasteiger partial charge in [-0.25, -0.2) is 9.59 Å². The first-order valence-electron chi connectivity index (χ1n) is 25.8. The number of aliphatic hydroxyl groups excluding tert-OH is 2. The predicted octanol–water partition coefficient (Wildman–Crippen LogP) is 12.8. The van der Waals surface area contributed by atoms with E-state index in [4.69, 9.17) is 38.6 Å². The molecule has 0 fully saturated rings. The molecule has 0 atom stereocenters. The summed E-state index contributed by atoms with van der Waals surface area (Å²) in [6.45, 7) is 7.15. The highest BCUT2D eigenvalue weighted by atomic mass is 16.5. The van der Waals surface area contributed by atoms with E-state index >= 15 is 0 Å². The lowest BCUT2D eigenvalue weighted by Crippen LogP contribution is -2.10. The highest BCUT2D eigenvalue weighted by Gasteiger charge is 2.17. The van der Waals surface area contributed by atoms with Gasteiger partial charge in [0, 0.05) is 35.5 Å². The number of carbonyl (C=O) groups is 2. The topological polar surface area (TPSA) is 130 Å². The van der Waals surface area contributed by atoms with Crippen LogP contribution in [0.2, 0.25) is 0 Å². The average Bonchev–Trinajstić information content (AvgIpc) is 3.41. The van der Waals surface area contributed by atoms with Crippen molar-refractivity contribution in [2.24, 2.45) is 0 Å². The van der Waals surface area contributed by atoms with E-state index in [1.165, 1.54) is 0 Å². The maximum absolute atomic E-state index is 13.2. The number of fused-ring (bicyclic) bond motifs is 2. The van der Waals surface area contributed by atoms with Crippen LogP contribution in [0.25, 0.3) is 21.5 Å². The van der Waals surface area contributed by atoms with E-state index in [-0.39, 0.29) is 13.2 Å². The van der Waals surface area contributed by atoms with Gasteiger partial charge in [-0.05, 0) is 184 Å². The maximum Gasteiger partial charge on any atom is 0.341 e.